The quantitative estimate of drug-likeness (QED) is 0.763. The standard InChI is InChI=1S/C16H31N3O3/c1-15(2,3)12(20)10-11(13(21)18-9-8-17)19(7)14(22)16(4,5)6/h11H,8-10,17H2,1-7H3,(H,18,21). The Hall–Kier alpha value is -1.43. The minimum atomic E-state index is -0.815. The van der Waals surface area contributed by atoms with Gasteiger partial charge in [0.2, 0.25) is 11.8 Å². The lowest BCUT2D eigenvalue weighted by molar-refractivity contribution is -0.146. The van der Waals surface area contributed by atoms with Gasteiger partial charge in [-0.15, -0.1) is 0 Å². The highest BCUT2D eigenvalue weighted by Gasteiger charge is 2.36. The highest BCUT2D eigenvalue weighted by molar-refractivity contribution is 5.94. The summed E-state index contributed by atoms with van der Waals surface area (Å²) in [7, 11) is 1.57. The fourth-order valence-corrected chi connectivity index (χ4v) is 1.87. The van der Waals surface area contributed by atoms with E-state index >= 15 is 0 Å². The predicted molar refractivity (Wildman–Crippen MR) is 87.2 cm³/mol. The van der Waals surface area contributed by atoms with E-state index in [-0.39, 0.29) is 24.0 Å². The third-order valence-electron chi connectivity index (χ3n) is 3.39. The van der Waals surface area contributed by atoms with Crippen molar-refractivity contribution in [3.8, 4) is 0 Å². The van der Waals surface area contributed by atoms with Crippen LogP contribution >= 0.6 is 0 Å². The van der Waals surface area contributed by atoms with Crippen LogP contribution < -0.4 is 11.1 Å². The Bertz CT molecular complexity index is 419. The second-order valence-corrected chi connectivity index (χ2v) is 7.64. The smallest absolute Gasteiger partial charge is 0.243 e. The highest BCUT2D eigenvalue weighted by atomic mass is 16.2. The summed E-state index contributed by atoms with van der Waals surface area (Å²) in [5.74, 6) is -0.584. The molecule has 0 aromatic rings. The number of nitrogens with zero attached hydrogens (tertiary/aromatic N) is 1. The lowest BCUT2D eigenvalue weighted by Crippen LogP contribution is -2.52. The fourth-order valence-electron chi connectivity index (χ4n) is 1.87. The van der Waals surface area contributed by atoms with Crippen LogP contribution in [-0.4, -0.2) is 48.7 Å². The molecule has 22 heavy (non-hydrogen) atoms. The molecular weight excluding hydrogens is 282 g/mol. The van der Waals surface area contributed by atoms with Crippen LogP contribution in [0.15, 0.2) is 0 Å². The van der Waals surface area contributed by atoms with E-state index in [9.17, 15) is 14.4 Å². The van der Waals surface area contributed by atoms with E-state index in [2.05, 4.69) is 5.32 Å². The maximum absolute atomic E-state index is 12.4. The molecular formula is C16H31N3O3. The van der Waals surface area contributed by atoms with Crippen molar-refractivity contribution in [3.63, 3.8) is 0 Å². The number of amides is 2. The van der Waals surface area contributed by atoms with Crippen LogP contribution in [-0.2, 0) is 14.4 Å². The van der Waals surface area contributed by atoms with Crippen molar-refractivity contribution in [1.29, 1.82) is 0 Å². The Morgan fingerprint density at radius 1 is 1.05 bits per heavy atom. The number of likely N-dealkylation sites (N-methyl/N-ethyl adjacent to an activating group) is 1. The van der Waals surface area contributed by atoms with Gasteiger partial charge in [0, 0.05) is 37.4 Å². The van der Waals surface area contributed by atoms with Crippen molar-refractivity contribution in [2.45, 2.75) is 54.0 Å². The molecule has 0 saturated carbocycles. The van der Waals surface area contributed by atoms with Crippen LogP contribution in [0.3, 0.4) is 0 Å². The largest absolute Gasteiger partial charge is 0.353 e. The Labute approximate surface area is 133 Å². The number of ketones is 1. The van der Waals surface area contributed by atoms with E-state index in [0.29, 0.717) is 13.1 Å². The molecule has 0 radical (unpaired) electrons. The first kappa shape index (κ1) is 20.6. The Morgan fingerprint density at radius 2 is 1.55 bits per heavy atom. The number of Topliss-reactive ketones (excluding diaryl/α,β-unsaturated/α-hetero) is 1. The van der Waals surface area contributed by atoms with Gasteiger partial charge in [0.05, 0.1) is 0 Å². The molecule has 3 N–H and O–H groups in total. The number of carbonyl (C=O) groups is 3. The normalized spacial score (nSPS) is 13.5. The molecule has 0 bridgehead atoms. The number of nitrogens with two attached hydrogens (primary N) is 1. The molecule has 6 nitrogen and oxygen atoms in total. The molecule has 0 fully saturated rings. The summed E-state index contributed by atoms with van der Waals surface area (Å²) >= 11 is 0. The molecule has 1 unspecified atom stereocenters. The topological polar surface area (TPSA) is 92.5 Å². The van der Waals surface area contributed by atoms with E-state index in [1.807, 2.05) is 0 Å². The molecule has 0 aliphatic carbocycles. The molecule has 128 valence electrons. The summed E-state index contributed by atoms with van der Waals surface area (Å²) in [5.41, 5.74) is 4.21. The summed E-state index contributed by atoms with van der Waals surface area (Å²) in [6, 6.07) is -0.815. The van der Waals surface area contributed by atoms with Crippen LogP contribution in [0.25, 0.3) is 0 Å². The van der Waals surface area contributed by atoms with Gasteiger partial charge in [-0.25, -0.2) is 0 Å². The van der Waals surface area contributed by atoms with Gasteiger partial charge >= 0.3 is 0 Å². The zero-order chi connectivity index (χ0) is 17.7. The number of nitrogens with one attached hydrogen (secondary N) is 1. The van der Waals surface area contributed by atoms with Crippen LogP contribution in [0.5, 0.6) is 0 Å². The predicted octanol–water partition coefficient (Wildman–Crippen LogP) is 0.940. The zero-order valence-corrected chi connectivity index (χ0v) is 14.9. The second kappa shape index (κ2) is 7.72. The maximum Gasteiger partial charge on any atom is 0.243 e. The summed E-state index contributed by atoms with van der Waals surface area (Å²) in [4.78, 5) is 38.4. The van der Waals surface area contributed by atoms with Gasteiger partial charge in [-0.1, -0.05) is 41.5 Å². The summed E-state index contributed by atoms with van der Waals surface area (Å²) in [6.45, 7) is 11.4. The molecule has 6 heteroatoms. The van der Waals surface area contributed by atoms with Gasteiger partial charge in [-0.2, -0.15) is 0 Å². The van der Waals surface area contributed by atoms with E-state index in [1.54, 1.807) is 48.6 Å². The minimum absolute atomic E-state index is 0.00176. The zero-order valence-electron chi connectivity index (χ0n) is 14.9. The van der Waals surface area contributed by atoms with E-state index < -0.39 is 16.9 Å². The number of hydrogen-bond donors (Lipinski definition) is 2. The van der Waals surface area contributed by atoms with Gasteiger partial charge in [0.1, 0.15) is 11.8 Å². The molecule has 0 saturated heterocycles. The molecule has 0 aromatic carbocycles. The van der Waals surface area contributed by atoms with E-state index in [4.69, 9.17) is 5.73 Å². The molecule has 0 aromatic heterocycles. The molecule has 0 spiro atoms. The van der Waals surface area contributed by atoms with Crippen LogP contribution in [0, 0.1) is 10.8 Å². The summed E-state index contributed by atoms with van der Waals surface area (Å²) in [5, 5.41) is 2.67. The van der Waals surface area contributed by atoms with Gasteiger partial charge in [0.15, 0.2) is 0 Å². The Kier molecular flexibility index (Phi) is 7.22. The van der Waals surface area contributed by atoms with Gasteiger partial charge in [-0.05, 0) is 0 Å². The van der Waals surface area contributed by atoms with Crippen LogP contribution in [0.2, 0.25) is 0 Å². The summed E-state index contributed by atoms with van der Waals surface area (Å²) in [6.07, 6.45) is -0.00176. The average Bonchev–Trinajstić information content (AvgIpc) is 2.37. The van der Waals surface area contributed by atoms with Crippen LogP contribution in [0.4, 0.5) is 0 Å². The van der Waals surface area contributed by atoms with Crippen molar-refractivity contribution < 1.29 is 14.4 Å². The lowest BCUT2D eigenvalue weighted by Gasteiger charge is -2.33. The van der Waals surface area contributed by atoms with Gasteiger partial charge in [0.25, 0.3) is 0 Å². The first-order valence-electron chi connectivity index (χ1n) is 7.60. The summed E-state index contributed by atoms with van der Waals surface area (Å²) < 4.78 is 0. The number of carbonyl (C=O) groups excluding carboxylic acids is 3. The van der Waals surface area contributed by atoms with Crippen molar-refractivity contribution in [1.82, 2.24) is 10.2 Å². The molecule has 0 heterocycles. The third kappa shape index (κ3) is 6.13. The number of hydrogen-bond acceptors (Lipinski definition) is 4. The van der Waals surface area contributed by atoms with Crippen molar-refractivity contribution in [2.75, 3.05) is 20.1 Å². The molecule has 1 atom stereocenters. The van der Waals surface area contributed by atoms with Crippen molar-refractivity contribution >= 4 is 17.6 Å². The van der Waals surface area contributed by atoms with Crippen LogP contribution in [0.1, 0.15) is 48.0 Å². The molecule has 0 rings (SSSR count). The van der Waals surface area contributed by atoms with E-state index in [0.717, 1.165) is 0 Å². The molecule has 0 aliphatic heterocycles. The Morgan fingerprint density at radius 3 is 1.91 bits per heavy atom. The second-order valence-electron chi connectivity index (χ2n) is 7.64. The SMILES string of the molecule is CN(C(=O)C(C)(C)C)C(CC(=O)C(C)(C)C)C(=O)NCCN. The molecule has 2 amide bonds. The molecule has 0 aliphatic rings. The van der Waals surface area contributed by atoms with Gasteiger partial charge < -0.3 is 16.0 Å². The van der Waals surface area contributed by atoms with Crippen molar-refractivity contribution in [2.24, 2.45) is 16.6 Å². The highest BCUT2D eigenvalue weighted by Crippen LogP contribution is 2.23. The monoisotopic (exact) mass is 313 g/mol. The number of rotatable bonds is 6. The van der Waals surface area contributed by atoms with Crippen molar-refractivity contribution in [3.05, 3.63) is 0 Å². The van der Waals surface area contributed by atoms with E-state index in [1.165, 1.54) is 4.90 Å². The van der Waals surface area contributed by atoms with Gasteiger partial charge in [-0.3, -0.25) is 14.4 Å². The minimum Gasteiger partial charge on any atom is -0.353 e. The average molecular weight is 313 g/mol. The first-order chi connectivity index (χ1) is 9.82. The first-order valence-corrected chi connectivity index (χ1v) is 7.60. The lowest BCUT2D eigenvalue weighted by atomic mass is 9.86. The Balaban J connectivity index is 5.29. The third-order valence-corrected chi connectivity index (χ3v) is 3.39. The fraction of sp³-hybridized carbons (Fsp3) is 0.812. The maximum atomic E-state index is 12.4.